The summed E-state index contributed by atoms with van der Waals surface area (Å²) in [6.07, 6.45) is 1.05. The van der Waals surface area contributed by atoms with Gasteiger partial charge in [0.05, 0.1) is 17.6 Å². The van der Waals surface area contributed by atoms with Gasteiger partial charge in [-0.25, -0.2) is 19.2 Å². The number of amidine groups is 1. The number of rotatable bonds is 4. The van der Waals surface area contributed by atoms with Crippen molar-refractivity contribution in [3.63, 3.8) is 0 Å². The van der Waals surface area contributed by atoms with Crippen LogP contribution in [0.25, 0.3) is 5.70 Å². The van der Waals surface area contributed by atoms with E-state index in [1.165, 1.54) is 24.3 Å². The predicted molar refractivity (Wildman–Crippen MR) is 88.1 cm³/mol. The first-order chi connectivity index (χ1) is 11.0. The summed E-state index contributed by atoms with van der Waals surface area (Å²) in [5, 5.41) is 9.05. The third-order valence-electron chi connectivity index (χ3n) is 2.96. The molecule has 0 spiro atoms. The van der Waals surface area contributed by atoms with Crippen molar-refractivity contribution < 1.29 is 14.3 Å². The van der Waals surface area contributed by atoms with Crippen molar-refractivity contribution in [2.24, 2.45) is 15.7 Å². The Bertz CT molecular complexity index is 813. The number of hydrogen-bond acceptors (Lipinski definition) is 2. The van der Waals surface area contributed by atoms with Crippen molar-refractivity contribution in [2.45, 2.75) is 0 Å². The van der Waals surface area contributed by atoms with E-state index in [-0.39, 0.29) is 17.1 Å². The Labute approximate surface area is 132 Å². The summed E-state index contributed by atoms with van der Waals surface area (Å²) in [5.74, 6) is -1.28. The molecule has 0 saturated carbocycles. The Hall–Kier alpha value is -3.28. The van der Waals surface area contributed by atoms with Crippen molar-refractivity contribution >= 4 is 23.8 Å². The zero-order valence-electron chi connectivity index (χ0n) is 12.1. The van der Waals surface area contributed by atoms with Crippen molar-refractivity contribution in [3.8, 4) is 0 Å². The van der Waals surface area contributed by atoms with Gasteiger partial charge in [-0.3, -0.25) is 0 Å². The zero-order chi connectivity index (χ0) is 16.8. The van der Waals surface area contributed by atoms with E-state index in [4.69, 9.17) is 10.8 Å². The van der Waals surface area contributed by atoms with Crippen molar-refractivity contribution in [1.29, 1.82) is 0 Å². The van der Waals surface area contributed by atoms with Gasteiger partial charge in [-0.1, -0.05) is 30.8 Å². The molecule has 2 aromatic carbocycles. The van der Waals surface area contributed by atoms with E-state index < -0.39 is 11.8 Å². The molecule has 0 heterocycles. The van der Waals surface area contributed by atoms with Crippen molar-refractivity contribution in [3.05, 3.63) is 77.6 Å². The van der Waals surface area contributed by atoms with Gasteiger partial charge in [0.15, 0.2) is 5.84 Å². The number of benzene rings is 2. The van der Waals surface area contributed by atoms with Crippen LogP contribution in [-0.2, 0) is 0 Å². The van der Waals surface area contributed by atoms with Gasteiger partial charge in [-0.2, -0.15) is 0 Å². The molecule has 0 fully saturated rings. The molecule has 0 aliphatic carbocycles. The highest BCUT2D eigenvalue weighted by Gasteiger charge is 2.08. The first kappa shape index (κ1) is 16.1. The largest absolute Gasteiger partial charge is 0.478 e. The smallest absolute Gasteiger partial charge is 0.335 e. The highest BCUT2D eigenvalue weighted by atomic mass is 19.1. The van der Waals surface area contributed by atoms with E-state index in [1.54, 1.807) is 24.3 Å². The Morgan fingerprint density at radius 1 is 1.13 bits per heavy atom. The minimum Gasteiger partial charge on any atom is -0.478 e. The minimum absolute atomic E-state index is 0.0961. The fourth-order valence-corrected chi connectivity index (χ4v) is 1.89. The summed E-state index contributed by atoms with van der Waals surface area (Å²) in [5.41, 5.74) is 6.66. The molecule has 2 aromatic rings. The summed E-state index contributed by atoms with van der Waals surface area (Å²) >= 11 is 0. The van der Waals surface area contributed by atoms with Crippen molar-refractivity contribution in [1.82, 2.24) is 0 Å². The molecule has 0 bridgehead atoms. The van der Waals surface area contributed by atoms with Crippen LogP contribution in [0.5, 0.6) is 0 Å². The van der Waals surface area contributed by atoms with Gasteiger partial charge in [-0.15, -0.1) is 0 Å². The lowest BCUT2D eigenvalue weighted by molar-refractivity contribution is 0.0697. The first-order valence-corrected chi connectivity index (χ1v) is 6.63. The number of carboxylic acid groups (broad SMARTS) is 1. The summed E-state index contributed by atoms with van der Waals surface area (Å²) in [6, 6.07) is 11.9. The molecule has 2 rings (SSSR count). The monoisotopic (exact) mass is 311 g/mol. The van der Waals surface area contributed by atoms with Crippen LogP contribution in [0.2, 0.25) is 0 Å². The Kier molecular flexibility index (Phi) is 4.99. The van der Waals surface area contributed by atoms with E-state index in [0.717, 1.165) is 6.34 Å². The van der Waals surface area contributed by atoms with Crippen LogP contribution in [0.3, 0.4) is 0 Å². The van der Waals surface area contributed by atoms with E-state index in [1.807, 2.05) is 0 Å². The highest BCUT2D eigenvalue weighted by Crippen LogP contribution is 2.17. The molecule has 0 aliphatic heterocycles. The molecule has 0 atom stereocenters. The van der Waals surface area contributed by atoms with Crippen LogP contribution < -0.4 is 5.73 Å². The molecule has 0 aromatic heterocycles. The Morgan fingerprint density at radius 2 is 1.78 bits per heavy atom. The molecule has 0 unspecified atom stereocenters. The zero-order valence-corrected chi connectivity index (χ0v) is 12.1. The first-order valence-electron chi connectivity index (χ1n) is 6.63. The number of nitrogens with zero attached hydrogens (tertiary/aromatic N) is 2. The maximum absolute atomic E-state index is 13.3. The lowest BCUT2D eigenvalue weighted by Gasteiger charge is -2.05. The second-order valence-electron chi connectivity index (χ2n) is 4.56. The fourth-order valence-electron chi connectivity index (χ4n) is 1.89. The molecule has 0 amide bonds. The maximum atomic E-state index is 13.3. The van der Waals surface area contributed by atoms with Gasteiger partial charge in [-0.05, 0) is 24.3 Å². The third kappa shape index (κ3) is 4.10. The number of aromatic carboxylic acids is 1. The summed E-state index contributed by atoms with van der Waals surface area (Å²) in [7, 11) is 0. The minimum atomic E-state index is -1.06. The maximum Gasteiger partial charge on any atom is 0.335 e. The number of carbonyl (C=O) groups is 1. The van der Waals surface area contributed by atoms with Crippen LogP contribution in [0, 0.1) is 5.82 Å². The SMILES string of the molecule is C=C(N=C(N=CN)c1cccc(C(=O)O)c1)c1cccc(F)c1. The highest BCUT2D eigenvalue weighted by molar-refractivity contribution is 6.06. The average Bonchev–Trinajstić information content (AvgIpc) is 2.54. The molecule has 3 N–H and O–H groups in total. The van der Waals surface area contributed by atoms with E-state index in [9.17, 15) is 9.18 Å². The molecule has 23 heavy (non-hydrogen) atoms. The van der Waals surface area contributed by atoms with Crippen molar-refractivity contribution in [2.75, 3.05) is 0 Å². The summed E-state index contributed by atoms with van der Waals surface area (Å²) in [6.45, 7) is 3.79. The number of carboxylic acids is 1. The molecular formula is C17H14FN3O2. The molecular weight excluding hydrogens is 297 g/mol. The third-order valence-corrected chi connectivity index (χ3v) is 2.96. The molecule has 116 valence electrons. The van der Waals surface area contributed by atoms with E-state index in [2.05, 4.69) is 16.6 Å². The Morgan fingerprint density at radius 3 is 2.43 bits per heavy atom. The van der Waals surface area contributed by atoms with Gasteiger partial charge < -0.3 is 10.8 Å². The normalized spacial score (nSPS) is 11.6. The summed E-state index contributed by atoms with van der Waals surface area (Å²) in [4.78, 5) is 19.2. The van der Waals surface area contributed by atoms with Gasteiger partial charge >= 0.3 is 5.97 Å². The molecule has 5 nitrogen and oxygen atoms in total. The lowest BCUT2D eigenvalue weighted by atomic mass is 10.1. The molecule has 0 aliphatic rings. The van der Waals surface area contributed by atoms with E-state index >= 15 is 0 Å². The number of halogens is 1. The molecule has 6 heteroatoms. The quantitative estimate of drug-likeness (QED) is 0.672. The number of hydrogen-bond donors (Lipinski definition) is 2. The predicted octanol–water partition coefficient (Wildman–Crippen LogP) is 2.93. The molecule has 0 radical (unpaired) electrons. The second-order valence-corrected chi connectivity index (χ2v) is 4.56. The van der Waals surface area contributed by atoms with Crippen LogP contribution in [0.15, 0.2) is 65.1 Å². The topological polar surface area (TPSA) is 88.0 Å². The van der Waals surface area contributed by atoms with Crippen LogP contribution in [-0.4, -0.2) is 23.2 Å². The Balaban J connectivity index is 2.43. The molecule has 0 saturated heterocycles. The average molecular weight is 311 g/mol. The van der Waals surface area contributed by atoms with Gasteiger partial charge in [0.1, 0.15) is 5.82 Å². The fraction of sp³-hybridized carbons (Fsp3) is 0. The van der Waals surface area contributed by atoms with E-state index in [0.29, 0.717) is 11.1 Å². The lowest BCUT2D eigenvalue weighted by Crippen LogP contribution is -2.04. The number of nitrogens with two attached hydrogens (primary N) is 1. The second kappa shape index (κ2) is 7.13. The van der Waals surface area contributed by atoms with Gasteiger partial charge in [0, 0.05) is 11.1 Å². The summed E-state index contributed by atoms with van der Waals surface area (Å²) < 4.78 is 13.3. The van der Waals surface area contributed by atoms with Crippen LogP contribution >= 0.6 is 0 Å². The van der Waals surface area contributed by atoms with Crippen LogP contribution in [0.1, 0.15) is 21.5 Å². The standard InChI is InChI=1S/C17H14FN3O2/c1-11(12-4-3-7-15(18)9-12)21-16(20-10-19)13-5-2-6-14(8-13)17(22)23/h2-10H,1H2,(H,22,23)(H2,19,20,21). The van der Waals surface area contributed by atoms with Crippen LogP contribution in [0.4, 0.5) is 4.39 Å². The van der Waals surface area contributed by atoms with Gasteiger partial charge in [0.2, 0.25) is 0 Å². The van der Waals surface area contributed by atoms with Gasteiger partial charge in [0.25, 0.3) is 0 Å². The number of aliphatic imine (C=N–C) groups is 2.